The third-order valence-electron chi connectivity index (χ3n) is 0. The van der Waals surface area contributed by atoms with Crippen LogP contribution in [-0.2, 0) is 4.79 Å². The third-order valence-corrected chi connectivity index (χ3v) is 0. The summed E-state index contributed by atoms with van der Waals surface area (Å²) in [6.07, 6.45) is -2.33. The Kier molecular flexibility index (Phi) is 39.0. The summed E-state index contributed by atoms with van der Waals surface area (Å²) in [5, 5.41) is 24.1. The standard InChI is InChI=1S/C2H4O2.CH2O3.2K/c1-2(3)4;2-1(3)4;;/h1H3,(H,3,4);(H2,2,3,4);;/q;;2*+1/p-2. The van der Waals surface area contributed by atoms with E-state index in [1.807, 2.05) is 0 Å². The first-order valence-corrected chi connectivity index (χ1v) is 1.54. The Morgan fingerprint density at radius 1 is 1.20 bits per heavy atom. The number of hydrogen-bond acceptors (Lipinski definition) is 4. The smallest absolute Gasteiger partial charge is 0.652 e. The summed E-state index contributed by atoms with van der Waals surface area (Å²) in [5.74, 6) is -0.833. The van der Waals surface area contributed by atoms with E-state index in [2.05, 4.69) is 0 Å². The summed E-state index contributed by atoms with van der Waals surface area (Å²) in [4.78, 5) is 17.3. The molecule has 0 aliphatic rings. The van der Waals surface area contributed by atoms with E-state index in [9.17, 15) is 0 Å². The van der Waals surface area contributed by atoms with Crippen molar-refractivity contribution < 1.29 is 128 Å². The Balaban J connectivity index is -0.0000000300. The summed E-state index contributed by atoms with van der Waals surface area (Å²) >= 11 is 0. The van der Waals surface area contributed by atoms with Crippen molar-refractivity contribution in [2.24, 2.45) is 0 Å². The van der Waals surface area contributed by atoms with Gasteiger partial charge in [0.2, 0.25) is 0 Å². The van der Waals surface area contributed by atoms with Gasteiger partial charge in [0.15, 0.2) is 0 Å². The molecule has 0 radical (unpaired) electrons. The molecule has 0 aromatic carbocycles. The Morgan fingerprint density at radius 2 is 1.20 bits per heavy atom. The van der Waals surface area contributed by atoms with E-state index in [1.165, 1.54) is 0 Å². The largest absolute Gasteiger partial charge is 1.00 e. The maximum absolute atomic E-state index is 9.00. The summed E-state index contributed by atoms with van der Waals surface area (Å²) in [6.45, 7) is 1.08. The van der Waals surface area contributed by atoms with Crippen LogP contribution in [0.25, 0.3) is 0 Å². The molecule has 0 saturated carbocycles. The molecule has 0 aliphatic carbocycles. The van der Waals surface area contributed by atoms with Gasteiger partial charge in [0, 0.05) is 6.92 Å². The van der Waals surface area contributed by atoms with Crippen molar-refractivity contribution in [1.29, 1.82) is 0 Å². The number of carboxylic acids is 1. The fraction of sp³-hybridized carbons (Fsp3) is 0.333. The molecule has 0 bridgehead atoms. The summed E-state index contributed by atoms with van der Waals surface area (Å²) in [5.41, 5.74) is 0. The third kappa shape index (κ3) is 201. The van der Waals surface area contributed by atoms with E-state index < -0.39 is 12.1 Å². The van der Waals surface area contributed by atoms with Crippen LogP contribution in [0, 0.1) is 0 Å². The van der Waals surface area contributed by atoms with Crippen LogP contribution < -0.4 is 113 Å². The fourth-order valence-corrected chi connectivity index (χ4v) is 0. The molecular weight excluding hydrogens is 194 g/mol. The van der Waals surface area contributed by atoms with Gasteiger partial charge in [0.25, 0.3) is 5.97 Å². The first kappa shape index (κ1) is 22.7. The molecule has 0 unspecified atom stereocenters. The van der Waals surface area contributed by atoms with Gasteiger partial charge < -0.3 is 20.1 Å². The molecule has 10 heavy (non-hydrogen) atoms. The van der Waals surface area contributed by atoms with Gasteiger partial charge in [0.1, 0.15) is 0 Å². The van der Waals surface area contributed by atoms with Crippen LogP contribution in [0.15, 0.2) is 0 Å². The topological polar surface area (TPSA) is 100 Å². The minimum absolute atomic E-state index is 0. The number of carboxylic acid groups (broad SMARTS) is 3. The average molecular weight is 198 g/mol. The van der Waals surface area contributed by atoms with Crippen LogP contribution in [0.3, 0.4) is 0 Å². The first-order valence-electron chi connectivity index (χ1n) is 1.54. The maximum Gasteiger partial charge on any atom is 1.00 e. The van der Waals surface area contributed by atoms with Crippen LogP contribution in [0.1, 0.15) is 6.92 Å². The van der Waals surface area contributed by atoms with E-state index in [0.717, 1.165) is 6.92 Å². The molecule has 0 spiro atoms. The monoisotopic (exact) mass is 198 g/mol. The van der Waals surface area contributed by atoms with Crippen molar-refractivity contribution in [2.75, 3.05) is 0 Å². The zero-order valence-electron chi connectivity index (χ0n) is 6.08. The molecule has 0 aliphatic heterocycles. The molecule has 0 atom stereocenters. The quantitative estimate of drug-likeness (QED) is 0.390. The Morgan fingerprint density at radius 3 is 1.20 bits per heavy atom. The number of hydrogen-bond donors (Lipinski definition) is 1. The second kappa shape index (κ2) is 17.2. The fourth-order valence-electron chi connectivity index (χ4n) is 0. The minimum Gasteiger partial charge on any atom is -0.652 e. The van der Waals surface area contributed by atoms with Gasteiger partial charge in [-0.05, 0) is 6.16 Å². The Labute approximate surface area is 143 Å². The Bertz CT molecular complexity index is 72.9. The van der Waals surface area contributed by atoms with E-state index in [0.29, 0.717) is 0 Å². The van der Waals surface area contributed by atoms with Crippen molar-refractivity contribution in [1.82, 2.24) is 0 Å². The van der Waals surface area contributed by atoms with Crippen molar-refractivity contribution in [3.63, 3.8) is 0 Å². The molecule has 0 saturated heterocycles. The summed E-state index contributed by atoms with van der Waals surface area (Å²) in [7, 11) is 0. The molecule has 0 rings (SSSR count). The van der Waals surface area contributed by atoms with Gasteiger partial charge in [-0.1, -0.05) is 0 Å². The molecular formula is C3H4K2O5. The predicted octanol–water partition coefficient (Wildman–Crippen LogP) is -8.35. The van der Waals surface area contributed by atoms with Gasteiger partial charge in [-0.15, -0.1) is 0 Å². The van der Waals surface area contributed by atoms with E-state index >= 15 is 0 Å². The molecule has 1 N–H and O–H groups in total. The first-order chi connectivity index (χ1) is 3.46. The zero-order chi connectivity index (χ0) is 7.15. The van der Waals surface area contributed by atoms with Crippen LogP contribution in [0.5, 0.6) is 0 Å². The maximum atomic E-state index is 9.00. The Hall–Kier alpha value is 2.01. The molecule has 7 heteroatoms. The van der Waals surface area contributed by atoms with Gasteiger partial charge in [0.05, 0.1) is 0 Å². The average Bonchev–Trinajstić information content (AvgIpc) is 1.25. The molecule has 0 heterocycles. The van der Waals surface area contributed by atoms with Crippen LogP contribution >= 0.6 is 0 Å². The van der Waals surface area contributed by atoms with E-state index in [4.69, 9.17) is 24.9 Å². The second-order valence-electron chi connectivity index (χ2n) is 0.769. The second-order valence-corrected chi connectivity index (χ2v) is 0.769. The van der Waals surface area contributed by atoms with Crippen LogP contribution in [-0.4, -0.2) is 17.2 Å². The van der Waals surface area contributed by atoms with Crippen LogP contribution in [0.2, 0.25) is 0 Å². The minimum atomic E-state index is -2.33. The van der Waals surface area contributed by atoms with Gasteiger partial charge in [-0.2, -0.15) is 0 Å². The number of carbonyl (C=O) groups excluding carboxylic acids is 1. The molecule has 48 valence electrons. The zero-order valence-corrected chi connectivity index (χ0v) is 12.3. The van der Waals surface area contributed by atoms with Crippen LogP contribution in [0.4, 0.5) is 4.79 Å². The van der Waals surface area contributed by atoms with Crippen molar-refractivity contribution in [2.45, 2.75) is 6.92 Å². The summed E-state index contributed by atoms with van der Waals surface area (Å²) < 4.78 is 0. The molecule has 0 fully saturated rings. The van der Waals surface area contributed by atoms with Crippen molar-refractivity contribution >= 4 is 12.1 Å². The van der Waals surface area contributed by atoms with Crippen molar-refractivity contribution in [3.05, 3.63) is 0 Å². The van der Waals surface area contributed by atoms with Gasteiger partial charge in [-0.3, -0.25) is 4.79 Å². The van der Waals surface area contributed by atoms with Gasteiger partial charge in [-0.25, -0.2) is 0 Å². The molecule has 5 nitrogen and oxygen atoms in total. The SMILES string of the molecule is CC(=O)O.O=C([O-])[O-].[K+].[K+]. The molecule has 0 aromatic rings. The summed E-state index contributed by atoms with van der Waals surface area (Å²) in [6, 6.07) is 0. The number of aliphatic carboxylic acids is 1. The predicted molar refractivity (Wildman–Crippen MR) is 18.7 cm³/mol. The van der Waals surface area contributed by atoms with Gasteiger partial charge >= 0.3 is 103 Å². The molecule has 0 aromatic heterocycles. The normalized spacial score (nSPS) is 4.90. The van der Waals surface area contributed by atoms with E-state index in [1.54, 1.807) is 0 Å². The molecule has 0 amide bonds. The number of rotatable bonds is 0. The van der Waals surface area contributed by atoms with Crippen molar-refractivity contribution in [3.8, 4) is 0 Å². The number of carbonyl (C=O) groups is 2. The van der Waals surface area contributed by atoms with E-state index in [-0.39, 0.29) is 103 Å².